The van der Waals surface area contributed by atoms with Crippen molar-refractivity contribution >= 4 is 0 Å². The van der Waals surface area contributed by atoms with E-state index >= 15 is 0 Å². The zero-order chi connectivity index (χ0) is 10.9. The van der Waals surface area contributed by atoms with Crippen molar-refractivity contribution in [3.8, 4) is 0 Å². The van der Waals surface area contributed by atoms with Gasteiger partial charge in [-0.05, 0) is 44.8 Å². The minimum absolute atomic E-state index is 0.0396. The summed E-state index contributed by atoms with van der Waals surface area (Å²) in [5, 5.41) is 3.35. The van der Waals surface area contributed by atoms with Crippen LogP contribution < -0.4 is 5.32 Å². The molecular formula is C12H17FN2. The quantitative estimate of drug-likeness (QED) is 0.793. The number of hydrogen-bond acceptors (Lipinski definition) is 2. The number of likely N-dealkylation sites (N-methyl/N-ethyl adjacent to an activating group) is 1. The molecule has 0 spiro atoms. The van der Waals surface area contributed by atoms with Crippen LogP contribution in [0.5, 0.6) is 0 Å². The van der Waals surface area contributed by atoms with E-state index in [2.05, 4.69) is 24.3 Å². The Labute approximate surface area is 90.1 Å². The Balaban J connectivity index is 2.41. The van der Waals surface area contributed by atoms with Crippen molar-refractivity contribution < 1.29 is 4.39 Å². The topological polar surface area (TPSA) is 15.3 Å². The molecule has 0 bridgehead atoms. The van der Waals surface area contributed by atoms with E-state index in [9.17, 15) is 4.39 Å². The van der Waals surface area contributed by atoms with Gasteiger partial charge in [0.25, 0.3) is 0 Å². The van der Waals surface area contributed by atoms with Crippen LogP contribution in [-0.4, -0.2) is 32.1 Å². The largest absolute Gasteiger partial charge is 0.314 e. The number of rotatable bonds is 2. The van der Waals surface area contributed by atoms with E-state index in [-0.39, 0.29) is 11.4 Å². The van der Waals surface area contributed by atoms with Crippen molar-refractivity contribution in [1.29, 1.82) is 0 Å². The second-order valence-electron chi connectivity index (χ2n) is 4.36. The number of nitrogens with zero attached hydrogens (tertiary/aromatic N) is 1. The van der Waals surface area contributed by atoms with Crippen molar-refractivity contribution in [3.63, 3.8) is 0 Å². The maximum absolute atomic E-state index is 13.2. The highest BCUT2D eigenvalue weighted by atomic mass is 19.1. The van der Waals surface area contributed by atoms with Crippen LogP contribution in [0.3, 0.4) is 0 Å². The summed E-state index contributed by atoms with van der Waals surface area (Å²) in [6.45, 7) is 1.89. The van der Waals surface area contributed by atoms with Crippen LogP contribution in [0.15, 0.2) is 24.3 Å². The highest BCUT2D eigenvalue weighted by molar-refractivity contribution is 5.27. The maximum Gasteiger partial charge on any atom is 0.123 e. The van der Waals surface area contributed by atoms with Crippen molar-refractivity contribution in [1.82, 2.24) is 10.2 Å². The Bertz CT molecular complexity index is 343. The average molecular weight is 208 g/mol. The van der Waals surface area contributed by atoms with Crippen molar-refractivity contribution in [3.05, 3.63) is 35.6 Å². The van der Waals surface area contributed by atoms with E-state index in [0.29, 0.717) is 0 Å². The van der Waals surface area contributed by atoms with Crippen LogP contribution in [0.25, 0.3) is 0 Å². The molecule has 1 atom stereocenters. The standard InChI is InChI=1S/C12H17FN2/c1-15(2)12(6-7-14-9-12)10-4-3-5-11(13)8-10/h3-5,8,14H,6-7,9H2,1-2H3. The molecule has 1 saturated heterocycles. The fourth-order valence-electron chi connectivity index (χ4n) is 2.34. The average Bonchev–Trinajstić information content (AvgIpc) is 2.67. The molecule has 1 unspecified atom stereocenters. The highest BCUT2D eigenvalue weighted by Gasteiger charge is 2.37. The normalized spacial score (nSPS) is 26.1. The molecule has 0 aliphatic carbocycles. The smallest absolute Gasteiger partial charge is 0.123 e. The van der Waals surface area contributed by atoms with Gasteiger partial charge in [0.05, 0.1) is 5.54 Å². The van der Waals surface area contributed by atoms with Gasteiger partial charge in [-0.1, -0.05) is 12.1 Å². The lowest BCUT2D eigenvalue weighted by Crippen LogP contribution is -2.43. The molecule has 1 aliphatic rings. The summed E-state index contributed by atoms with van der Waals surface area (Å²) in [6.07, 6.45) is 1.03. The van der Waals surface area contributed by atoms with Gasteiger partial charge in [0.1, 0.15) is 5.82 Å². The van der Waals surface area contributed by atoms with Gasteiger partial charge in [0, 0.05) is 6.54 Å². The second kappa shape index (κ2) is 3.91. The Kier molecular flexibility index (Phi) is 2.76. The van der Waals surface area contributed by atoms with Gasteiger partial charge in [0.15, 0.2) is 0 Å². The molecule has 0 amide bonds. The van der Waals surface area contributed by atoms with E-state index in [1.807, 2.05) is 6.07 Å². The number of hydrogen-bond donors (Lipinski definition) is 1. The van der Waals surface area contributed by atoms with Gasteiger partial charge in [-0.15, -0.1) is 0 Å². The third-order valence-corrected chi connectivity index (χ3v) is 3.35. The van der Waals surface area contributed by atoms with Gasteiger partial charge < -0.3 is 5.32 Å². The first-order valence-corrected chi connectivity index (χ1v) is 5.29. The third kappa shape index (κ3) is 1.77. The van der Waals surface area contributed by atoms with Crippen molar-refractivity contribution in [2.45, 2.75) is 12.0 Å². The summed E-state index contributed by atoms with van der Waals surface area (Å²) < 4.78 is 13.2. The van der Waals surface area contributed by atoms with Crippen LogP contribution in [0, 0.1) is 5.82 Å². The SMILES string of the molecule is CN(C)C1(c2cccc(F)c2)CCNC1. The molecule has 1 aromatic rings. The fraction of sp³-hybridized carbons (Fsp3) is 0.500. The van der Waals surface area contributed by atoms with Gasteiger partial charge in [0.2, 0.25) is 0 Å². The first-order chi connectivity index (χ1) is 7.15. The monoisotopic (exact) mass is 208 g/mol. The molecule has 2 nitrogen and oxygen atoms in total. The summed E-state index contributed by atoms with van der Waals surface area (Å²) in [5.41, 5.74) is 1.03. The fourth-order valence-corrected chi connectivity index (χ4v) is 2.34. The predicted octanol–water partition coefficient (Wildman–Crippen LogP) is 1.58. The Morgan fingerprint density at radius 1 is 1.40 bits per heavy atom. The molecule has 1 aromatic carbocycles. The molecule has 0 radical (unpaired) electrons. The zero-order valence-corrected chi connectivity index (χ0v) is 9.26. The van der Waals surface area contributed by atoms with Crippen LogP contribution in [0.1, 0.15) is 12.0 Å². The number of nitrogens with one attached hydrogen (secondary N) is 1. The Morgan fingerprint density at radius 3 is 2.73 bits per heavy atom. The molecule has 2 rings (SSSR count). The highest BCUT2D eigenvalue weighted by Crippen LogP contribution is 2.32. The van der Waals surface area contributed by atoms with E-state index in [0.717, 1.165) is 25.1 Å². The minimum Gasteiger partial charge on any atom is -0.314 e. The van der Waals surface area contributed by atoms with E-state index in [1.54, 1.807) is 12.1 Å². The zero-order valence-electron chi connectivity index (χ0n) is 9.26. The van der Waals surface area contributed by atoms with Crippen LogP contribution in [0.2, 0.25) is 0 Å². The van der Waals surface area contributed by atoms with Gasteiger partial charge in [-0.25, -0.2) is 4.39 Å². The minimum atomic E-state index is -0.152. The molecular weight excluding hydrogens is 191 g/mol. The molecule has 1 heterocycles. The summed E-state index contributed by atoms with van der Waals surface area (Å²) in [4.78, 5) is 2.18. The van der Waals surface area contributed by atoms with Gasteiger partial charge >= 0.3 is 0 Å². The third-order valence-electron chi connectivity index (χ3n) is 3.35. The molecule has 0 aromatic heterocycles. The number of benzene rings is 1. The molecule has 15 heavy (non-hydrogen) atoms. The lowest BCUT2D eigenvalue weighted by molar-refractivity contribution is 0.174. The van der Waals surface area contributed by atoms with E-state index < -0.39 is 0 Å². The summed E-state index contributed by atoms with van der Waals surface area (Å²) in [7, 11) is 4.11. The second-order valence-corrected chi connectivity index (χ2v) is 4.36. The molecule has 1 N–H and O–H groups in total. The lowest BCUT2D eigenvalue weighted by atomic mass is 9.88. The molecule has 0 saturated carbocycles. The summed E-state index contributed by atoms with van der Waals surface area (Å²) in [5.74, 6) is -0.152. The first kappa shape index (κ1) is 10.6. The van der Waals surface area contributed by atoms with Crippen LogP contribution >= 0.6 is 0 Å². The number of halogens is 1. The van der Waals surface area contributed by atoms with Crippen molar-refractivity contribution in [2.75, 3.05) is 27.2 Å². The van der Waals surface area contributed by atoms with Crippen molar-refractivity contribution in [2.24, 2.45) is 0 Å². The van der Waals surface area contributed by atoms with E-state index in [4.69, 9.17) is 0 Å². The summed E-state index contributed by atoms with van der Waals surface area (Å²) in [6, 6.07) is 6.94. The van der Waals surface area contributed by atoms with Gasteiger partial charge in [-0.3, -0.25) is 4.90 Å². The van der Waals surface area contributed by atoms with Crippen LogP contribution in [-0.2, 0) is 5.54 Å². The first-order valence-electron chi connectivity index (χ1n) is 5.29. The molecule has 1 fully saturated rings. The molecule has 3 heteroatoms. The Morgan fingerprint density at radius 2 is 2.20 bits per heavy atom. The van der Waals surface area contributed by atoms with Crippen LogP contribution in [0.4, 0.5) is 4.39 Å². The molecule has 82 valence electrons. The Hall–Kier alpha value is -0.930. The maximum atomic E-state index is 13.2. The lowest BCUT2D eigenvalue weighted by Gasteiger charge is -2.36. The predicted molar refractivity (Wildman–Crippen MR) is 59.3 cm³/mol. The van der Waals surface area contributed by atoms with Gasteiger partial charge in [-0.2, -0.15) is 0 Å². The molecule has 1 aliphatic heterocycles. The van der Waals surface area contributed by atoms with E-state index in [1.165, 1.54) is 6.07 Å². The summed E-state index contributed by atoms with van der Waals surface area (Å²) >= 11 is 0.